The Morgan fingerprint density at radius 1 is 1.14 bits per heavy atom. The molecule has 0 aliphatic carbocycles. The van der Waals surface area contributed by atoms with Crippen molar-refractivity contribution in [1.29, 1.82) is 0 Å². The standard InChI is InChI=1S/C15H12ClFN4S/c16-11-5-3-4-10(8-11)9-22-15-20-19-14(21(15)18)12-6-1-2-7-13(12)17/h1-8H,9,18H2. The molecule has 22 heavy (non-hydrogen) atoms. The van der Waals surface area contributed by atoms with Gasteiger partial charge in [0, 0.05) is 10.8 Å². The van der Waals surface area contributed by atoms with Gasteiger partial charge in [0.1, 0.15) is 5.82 Å². The lowest BCUT2D eigenvalue weighted by Gasteiger charge is -2.05. The van der Waals surface area contributed by atoms with Gasteiger partial charge >= 0.3 is 0 Å². The van der Waals surface area contributed by atoms with Crippen molar-refractivity contribution >= 4 is 23.4 Å². The highest BCUT2D eigenvalue weighted by molar-refractivity contribution is 7.98. The predicted molar refractivity (Wildman–Crippen MR) is 86.6 cm³/mol. The Bertz CT molecular complexity index is 806. The number of halogens is 2. The summed E-state index contributed by atoms with van der Waals surface area (Å²) in [6.07, 6.45) is 0. The van der Waals surface area contributed by atoms with Crippen LogP contribution in [0.3, 0.4) is 0 Å². The van der Waals surface area contributed by atoms with Crippen LogP contribution in [-0.4, -0.2) is 14.9 Å². The molecule has 112 valence electrons. The Morgan fingerprint density at radius 3 is 2.73 bits per heavy atom. The molecule has 0 aliphatic rings. The van der Waals surface area contributed by atoms with Crippen LogP contribution in [0.1, 0.15) is 5.56 Å². The number of rotatable bonds is 4. The van der Waals surface area contributed by atoms with Crippen molar-refractivity contribution in [3.05, 3.63) is 64.9 Å². The average molecular weight is 335 g/mol. The van der Waals surface area contributed by atoms with Crippen LogP contribution in [0.2, 0.25) is 5.02 Å². The summed E-state index contributed by atoms with van der Waals surface area (Å²) in [5.74, 6) is 6.54. The summed E-state index contributed by atoms with van der Waals surface area (Å²) in [7, 11) is 0. The third-order valence-corrected chi connectivity index (χ3v) is 4.29. The smallest absolute Gasteiger partial charge is 0.210 e. The maximum Gasteiger partial charge on any atom is 0.210 e. The van der Waals surface area contributed by atoms with Gasteiger partial charge < -0.3 is 5.84 Å². The van der Waals surface area contributed by atoms with E-state index in [0.29, 0.717) is 27.3 Å². The molecule has 0 radical (unpaired) electrons. The number of nitrogens with zero attached hydrogens (tertiary/aromatic N) is 3. The molecule has 1 aromatic heterocycles. The van der Waals surface area contributed by atoms with E-state index in [2.05, 4.69) is 10.2 Å². The van der Waals surface area contributed by atoms with E-state index in [1.807, 2.05) is 24.3 Å². The van der Waals surface area contributed by atoms with Gasteiger partial charge in [-0.3, -0.25) is 0 Å². The van der Waals surface area contributed by atoms with Crippen LogP contribution in [0, 0.1) is 5.82 Å². The van der Waals surface area contributed by atoms with Crippen molar-refractivity contribution in [1.82, 2.24) is 14.9 Å². The highest BCUT2D eigenvalue weighted by Gasteiger charge is 2.15. The molecule has 1 heterocycles. The Labute approximate surface area is 136 Å². The van der Waals surface area contributed by atoms with E-state index in [-0.39, 0.29) is 5.82 Å². The molecule has 4 nitrogen and oxygen atoms in total. The van der Waals surface area contributed by atoms with Crippen molar-refractivity contribution < 1.29 is 4.39 Å². The van der Waals surface area contributed by atoms with E-state index in [1.165, 1.54) is 22.5 Å². The van der Waals surface area contributed by atoms with Crippen LogP contribution in [-0.2, 0) is 5.75 Å². The zero-order valence-corrected chi connectivity index (χ0v) is 13.0. The minimum Gasteiger partial charge on any atom is -0.335 e. The number of benzene rings is 2. The quantitative estimate of drug-likeness (QED) is 0.583. The van der Waals surface area contributed by atoms with Gasteiger partial charge in [0.05, 0.1) is 5.56 Å². The van der Waals surface area contributed by atoms with E-state index < -0.39 is 0 Å². The lowest BCUT2D eigenvalue weighted by atomic mass is 10.2. The molecule has 0 atom stereocenters. The molecule has 0 aliphatic heterocycles. The van der Waals surface area contributed by atoms with Gasteiger partial charge in [-0.05, 0) is 29.8 Å². The maximum absolute atomic E-state index is 13.8. The number of nitrogen functional groups attached to an aromatic ring is 1. The monoisotopic (exact) mass is 334 g/mol. The van der Waals surface area contributed by atoms with E-state index >= 15 is 0 Å². The lowest BCUT2D eigenvalue weighted by Crippen LogP contribution is -2.12. The molecule has 7 heteroatoms. The minimum absolute atomic E-state index is 0.298. The molecule has 0 unspecified atom stereocenters. The molecule has 0 saturated heterocycles. The van der Waals surface area contributed by atoms with E-state index in [1.54, 1.807) is 18.2 Å². The molecule has 0 fully saturated rings. The highest BCUT2D eigenvalue weighted by atomic mass is 35.5. The fraction of sp³-hybridized carbons (Fsp3) is 0.0667. The summed E-state index contributed by atoms with van der Waals surface area (Å²) in [4.78, 5) is 0. The summed E-state index contributed by atoms with van der Waals surface area (Å²) in [5, 5.41) is 9.19. The number of nitrogens with two attached hydrogens (primary N) is 1. The Balaban J connectivity index is 1.81. The molecule has 2 N–H and O–H groups in total. The van der Waals surface area contributed by atoms with Gasteiger partial charge in [-0.15, -0.1) is 10.2 Å². The molecule has 3 rings (SSSR count). The normalized spacial score (nSPS) is 10.8. The summed E-state index contributed by atoms with van der Waals surface area (Å²) < 4.78 is 15.1. The van der Waals surface area contributed by atoms with Crippen molar-refractivity contribution in [2.75, 3.05) is 5.84 Å². The third-order valence-electron chi connectivity index (χ3n) is 3.04. The van der Waals surface area contributed by atoms with Gasteiger partial charge in [-0.1, -0.05) is 47.6 Å². The molecule has 0 bridgehead atoms. The van der Waals surface area contributed by atoms with Crippen molar-refractivity contribution in [3.8, 4) is 11.4 Å². The number of hydrogen-bond acceptors (Lipinski definition) is 4. The second-order valence-corrected chi connectivity index (χ2v) is 5.95. The van der Waals surface area contributed by atoms with Gasteiger partial charge in [0.25, 0.3) is 0 Å². The largest absolute Gasteiger partial charge is 0.335 e. The average Bonchev–Trinajstić information content (AvgIpc) is 2.87. The first-order valence-electron chi connectivity index (χ1n) is 6.48. The summed E-state index contributed by atoms with van der Waals surface area (Å²) in [5.41, 5.74) is 1.38. The van der Waals surface area contributed by atoms with Crippen molar-refractivity contribution in [2.24, 2.45) is 0 Å². The molecule has 0 saturated carbocycles. The number of aromatic nitrogens is 3. The van der Waals surface area contributed by atoms with Gasteiger partial charge in [-0.2, -0.15) is 0 Å². The Kier molecular flexibility index (Phi) is 4.31. The highest BCUT2D eigenvalue weighted by Crippen LogP contribution is 2.26. The molecule has 0 spiro atoms. The van der Waals surface area contributed by atoms with Crippen LogP contribution < -0.4 is 5.84 Å². The van der Waals surface area contributed by atoms with Gasteiger partial charge in [0.15, 0.2) is 5.82 Å². The topological polar surface area (TPSA) is 56.7 Å². The zero-order chi connectivity index (χ0) is 15.5. The van der Waals surface area contributed by atoms with Gasteiger partial charge in [-0.25, -0.2) is 9.07 Å². The minimum atomic E-state index is -0.381. The summed E-state index contributed by atoms with van der Waals surface area (Å²) in [6, 6.07) is 13.9. The lowest BCUT2D eigenvalue weighted by molar-refractivity contribution is 0.629. The van der Waals surface area contributed by atoms with Crippen LogP contribution in [0.25, 0.3) is 11.4 Å². The molecule has 2 aromatic carbocycles. The van der Waals surface area contributed by atoms with Gasteiger partial charge in [0.2, 0.25) is 5.16 Å². The molecule has 3 aromatic rings. The second kappa shape index (κ2) is 6.37. The SMILES string of the molecule is Nn1c(SCc2cccc(Cl)c2)nnc1-c1ccccc1F. The predicted octanol–water partition coefficient (Wildman–Crippen LogP) is 3.74. The van der Waals surface area contributed by atoms with Crippen molar-refractivity contribution in [2.45, 2.75) is 10.9 Å². The van der Waals surface area contributed by atoms with Crippen LogP contribution >= 0.6 is 23.4 Å². The van der Waals surface area contributed by atoms with Crippen LogP contribution in [0.4, 0.5) is 4.39 Å². The van der Waals surface area contributed by atoms with Crippen molar-refractivity contribution in [3.63, 3.8) is 0 Å². The second-order valence-electron chi connectivity index (χ2n) is 4.57. The van der Waals surface area contributed by atoms with E-state index in [0.717, 1.165) is 5.56 Å². The molecular weight excluding hydrogens is 323 g/mol. The maximum atomic E-state index is 13.8. The van der Waals surface area contributed by atoms with Crippen LogP contribution in [0.5, 0.6) is 0 Å². The first-order valence-corrected chi connectivity index (χ1v) is 7.84. The Morgan fingerprint density at radius 2 is 1.95 bits per heavy atom. The van der Waals surface area contributed by atoms with Crippen LogP contribution in [0.15, 0.2) is 53.7 Å². The van der Waals surface area contributed by atoms with E-state index in [4.69, 9.17) is 17.4 Å². The zero-order valence-electron chi connectivity index (χ0n) is 11.4. The fourth-order valence-electron chi connectivity index (χ4n) is 1.98. The summed E-state index contributed by atoms with van der Waals surface area (Å²) >= 11 is 7.36. The number of hydrogen-bond donors (Lipinski definition) is 1. The fourth-order valence-corrected chi connectivity index (χ4v) is 2.99. The van der Waals surface area contributed by atoms with E-state index in [9.17, 15) is 4.39 Å². The molecule has 0 amide bonds. The molecular formula is C15H12ClFN4S. The first-order chi connectivity index (χ1) is 10.6. The number of thioether (sulfide) groups is 1. The Hall–Kier alpha value is -2.05. The third kappa shape index (κ3) is 3.08. The summed E-state index contributed by atoms with van der Waals surface area (Å²) in [6.45, 7) is 0. The first kappa shape index (κ1) is 14.9.